The predicted octanol–water partition coefficient (Wildman–Crippen LogP) is 3.08. The highest BCUT2D eigenvalue weighted by Gasteiger charge is 2.49. The SMILES string of the molecule is O=C(c1ccc2ncccc2c1)N1CCC2(CC1)C[C@@H](O)[C@H](c1ccccc1)NC2=O. The van der Waals surface area contributed by atoms with Gasteiger partial charge in [0.1, 0.15) is 0 Å². The number of carbonyl (C=O) groups is 2. The summed E-state index contributed by atoms with van der Waals surface area (Å²) in [7, 11) is 0. The molecule has 2 aromatic carbocycles. The molecule has 0 bridgehead atoms. The van der Waals surface area contributed by atoms with E-state index in [2.05, 4.69) is 10.3 Å². The third-order valence-corrected chi connectivity index (χ3v) is 6.77. The van der Waals surface area contributed by atoms with Gasteiger partial charge in [0.05, 0.1) is 23.1 Å². The fraction of sp³-hybridized carbons (Fsp3) is 0.320. The molecule has 2 atom stereocenters. The lowest BCUT2D eigenvalue weighted by Crippen LogP contribution is -2.57. The quantitative estimate of drug-likeness (QED) is 0.674. The summed E-state index contributed by atoms with van der Waals surface area (Å²) in [6.07, 6.45) is 2.62. The Labute approximate surface area is 180 Å². The summed E-state index contributed by atoms with van der Waals surface area (Å²) in [5, 5.41) is 14.8. The van der Waals surface area contributed by atoms with E-state index in [1.54, 1.807) is 6.20 Å². The molecule has 6 heteroatoms. The van der Waals surface area contributed by atoms with Crippen LogP contribution >= 0.6 is 0 Å². The molecule has 3 aromatic rings. The normalized spacial score (nSPS) is 23.0. The molecule has 3 heterocycles. The Kier molecular flexibility index (Phi) is 4.94. The minimum absolute atomic E-state index is 0.0180. The molecule has 1 aromatic heterocycles. The van der Waals surface area contributed by atoms with Gasteiger partial charge in [0.2, 0.25) is 5.91 Å². The van der Waals surface area contributed by atoms with Gasteiger partial charge in [-0.05, 0) is 49.1 Å². The van der Waals surface area contributed by atoms with E-state index in [-0.39, 0.29) is 17.9 Å². The minimum atomic E-state index is -0.643. The van der Waals surface area contributed by atoms with Crippen molar-refractivity contribution >= 4 is 22.7 Å². The van der Waals surface area contributed by atoms with Crippen LogP contribution in [0.15, 0.2) is 66.9 Å². The molecule has 2 amide bonds. The summed E-state index contributed by atoms with van der Waals surface area (Å²) in [4.78, 5) is 32.2. The largest absolute Gasteiger partial charge is 0.391 e. The molecular formula is C25H25N3O3. The number of nitrogens with one attached hydrogen (secondary N) is 1. The maximum Gasteiger partial charge on any atom is 0.253 e. The van der Waals surface area contributed by atoms with Crippen molar-refractivity contribution in [1.29, 1.82) is 0 Å². The van der Waals surface area contributed by atoms with Gasteiger partial charge in [0.25, 0.3) is 5.91 Å². The van der Waals surface area contributed by atoms with E-state index in [1.807, 2.05) is 65.6 Å². The van der Waals surface area contributed by atoms with Crippen LogP contribution in [-0.4, -0.2) is 46.0 Å². The van der Waals surface area contributed by atoms with Gasteiger partial charge < -0.3 is 15.3 Å². The molecule has 158 valence electrons. The molecule has 31 heavy (non-hydrogen) atoms. The molecule has 2 saturated heterocycles. The molecule has 2 aliphatic rings. The smallest absolute Gasteiger partial charge is 0.253 e. The van der Waals surface area contributed by atoms with Gasteiger partial charge in [-0.25, -0.2) is 0 Å². The molecule has 0 unspecified atom stereocenters. The van der Waals surface area contributed by atoms with Crippen LogP contribution in [0.1, 0.15) is 41.2 Å². The van der Waals surface area contributed by atoms with Crippen molar-refractivity contribution in [2.45, 2.75) is 31.4 Å². The maximum atomic E-state index is 13.1. The number of rotatable bonds is 2. The maximum absolute atomic E-state index is 13.1. The molecule has 0 aliphatic carbocycles. The Hall–Kier alpha value is -3.25. The summed E-state index contributed by atoms with van der Waals surface area (Å²) >= 11 is 0. The molecule has 6 nitrogen and oxygen atoms in total. The number of hydrogen-bond donors (Lipinski definition) is 2. The second-order valence-corrected chi connectivity index (χ2v) is 8.62. The van der Waals surface area contributed by atoms with E-state index in [0.29, 0.717) is 37.9 Å². The zero-order valence-corrected chi connectivity index (χ0v) is 17.2. The highest BCUT2D eigenvalue weighted by Crippen LogP contribution is 2.42. The standard InChI is InChI=1S/C25H25N3O3/c29-21-16-25(24(31)27-22(21)17-5-2-1-3-6-17)10-13-28(14-11-25)23(30)19-8-9-20-18(15-19)7-4-12-26-20/h1-9,12,15,21-22,29H,10-11,13-14,16H2,(H,27,31)/t21-,22+/m1/s1. The van der Waals surface area contributed by atoms with E-state index in [4.69, 9.17) is 0 Å². The number of hydrogen-bond acceptors (Lipinski definition) is 4. The van der Waals surface area contributed by atoms with Crippen molar-refractivity contribution in [1.82, 2.24) is 15.2 Å². The van der Waals surface area contributed by atoms with Crippen LogP contribution in [0.4, 0.5) is 0 Å². The molecule has 5 rings (SSSR count). The highest BCUT2D eigenvalue weighted by atomic mass is 16.3. The lowest BCUT2D eigenvalue weighted by Gasteiger charge is -2.46. The van der Waals surface area contributed by atoms with E-state index in [9.17, 15) is 14.7 Å². The summed E-state index contributed by atoms with van der Waals surface area (Å²) in [5.41, 5.74) is 1.79. The van der Waals surface area contributed by atoms with Crippen molar-refractivity contribution in [2.75, 3.05) is 13.1 Å². The minimum Gasteiger partial charge on any atom is -0.391 e. The van der Waals surface area contributed by atoms with Crippen molar-refractivity contribution in [2.24, 2.45) is 5.41 Å². The van der Waals surface area contributed by atoms with Crippen LogP contribution < -0.4 is 5.32 Å². The number of benzene rings is 2. The molecular weight excluding hydrogens is 390 g/mol. The molecule has 2 aliphatic heterocycles. The van der Waals surface area contributed by atoms with Gasteiger partial charge in [-0.2, -0.15) is 0 Å². The topological polar surface area (TPSA) is 82.5 Å². The summed E-state index contributed by atoms with van der Waals surface area (Å²) in [6, 6.07) is 18.5. The monoisotopic (exact) mass is 415 g/mol. The first-order chi connectivity index (χ1) is 15.1. The Bertz CT molecular complexity index is 1120. The number of aliphatic hydroxyl groups excluding tert-OH is 1. The first kappa shape index (κ1) is 19.7. The van der Waals surface area contributed by atoms with E-state index >= 15 is 0 Å². The van der Waals surface area contributed by atoms with Crippen LogP contribution in [0.25, 0.3) is 10.9 Å². The Balaban J connectivity index is 1.28. The third-order valence-electron chi connectivity index (χ3n) is 6.77. The first-order valence-corrected chi connectivity index (χ1v) is 10.7. The number of fused-ring (bicyclic) bond motifs is 1. The average Bonchev–Trinajstić information content (AvgIpc) is 2.82. The molecule has 0 radical (unpaired) electrons. The van der Waals surface area contributed by atoms with Crippen molar-refractivity contribution < 1.29 is 14.7 Å². The summed E-state index contributed by atoms with van der Waals surface area (Å²) < 4.78 is 0. The lowest BCUT2D eigenvalue weighted by molar-refractivity contribution is -0.143. The fourth-order valence-electron chi connectivity index (χ4n) is 4.93. The number of likely N-dealkylation sites (tertiary alicyclic amines) is 1. The number of carbonyl (C=O) groups excluding carboxylic acids is 2. The number of pyridine rings is 1. The van der Waals surface area contributed by atoms with E-state index in [1.165, 1.54) is 0 Å². The second kappa shape index (κ2) is 7.78. The highest BCUT2D eigenvalue weighted by molar-refractivity contribution is 5.98. The molecule has 2 N–H and O–H groups in total. The lowest BCUT2D eigenvalue weighted by atomic mass is 9.69. The van der Waals surface area contributed by atoms with Crippen molar-refractivity contribution in [3.8, 4) is 0 Å². The first-order valence-electron chi connectivity index (χ1n) is 10.7. The van der Waals surface area contributed by atoms with Crippen LogP contribution in [0.2, 0.25) is 0 Å². The van der Waals surface area contributed by atoms with Crippen LogP contribution in [0.5, 0.6) is 0 Å². The van der Waals surface area contributed by atoms with Crippen molar-refractivity contribution in [3.63, 3.8) is 0 Å². The van der Waals surface area contributed by atoms with Gasteiger partial charge in [0, 0.05) is 30.2 Å². The van der Waals surface area contributed by atoms with Gasteiger partial charge in [-0.15, -0.1) is 0 Å². The fourth-order valence-corrected chi connectivity index (χ4v) is 4.93. The van der Waals surface area contributed by atoms with Gasteiger partial charge in [-0.1, -0.05) is 36.4 Å². The Morgan fingerprint density at radius 1 is 1.06 bits per heavy atom. The summed E-state index contributed by atoms with van der Waals surface area (Å²) in [5.74, 6) is -0.0462. The summed E-state index contributed by atoms with van der Waals surface area (Å²) in [6.45, 7) is 1.00. The zero-order valence-electron chi connectivity index (χ0n) is 17.2. The third kappa shape index (κ3) is 3.57. The molecule has 2 fully saturated rings. The Morgan fingerprint density at radius 2 is 1.84 bits per heavy atom. The van der Waals surface area contributed by atoms with Gasteiger partial charge in [-0.3, -0.25) is 14.6 Å². The predicted molar refractivity (Wildman–Crippen MR) is 117 cm³/mol. The average molecular weight is 415 g/mol. The van der Waals surface area contributed by atoms with Crippen LogP contribution in [0, 0.1) is 5.41 Å². The number of piperidine rings is 2. The zero-order chi connectivity index (χ0) is 21.4. The van der Waals surface area contributed by atoms with E-state index in [0.717, 1.165) is 16.5 Å². The van der Waals surface area contributed by atoms with Crippen LogP contribution in [0.3, 0.4) is 0 Å². The van der Waals surface area contributed by atoms with Gasteiger partial charge >= 0.3 is 0 Å². The number of amides is 2. The van der Waals surface area contributed by atoms with Crippen molar-refractivity contribution in [3.05, 3.63) is 78.0 Å². The van der Waals surface area contributed by atoms with Crippen LogP contribution in [-0.2, 0) is 4.79 Å². The number of aliphatic hydroxyl groups is 1. The molecule has 1 spiro atoms. The number of aromatic nitrogens is 1. The number of nitrogens with zero attached hydrogens (tertiary/aromatic N) is 2. The van der Waals surface area contributed by atoms with Gasteiger partial charge in [0.15, 0.2) is 0 Å². The second-order valence-electron chi connectivity index (χ2n) is 8.62. The Morgan fingerprint density at radius 3 is 2.61 bits per heavy atom. The van der Waals surface area contributed by atoms with E-state index < -0.39 is 11.5 Å². The molecule has 0 saturated carbocycles.